The molecule has 0 saturated heterocycles. The molecule has 18 heavy (non-hydrogen) atoms. The molecular formula is C16H23ClO. The average molecular weight is 267 g/mol. The molecule has 0 saturated carbocycles. The Kier molecular flexibility index (Phi) is 5.08. The van der Waals surface area contributed by atoms with Crippen molar-refractivity contribution in [3.05, 3.63) is 35.4 Å². The molecule has 1 aromatic rings. The zero-order valence-electron chi connectivity index (χ0n) is 11.3. The van der Waals surface area contributed by atoms with E-state index >= 15 is 0 Å². The van der Waals surface area contributed by atoms with E-state index in [2.05, 4.69) is 31.2 Å². The van der Waals surface area contributed by atoms with Gasteiger partial charge in [0, 0.05) is 5.88 Å². The number of hydrogen-bond acceptors (Lipinski definition) is 1. The van der Waals surface area contributed by atoms with E-state index in [1.807, 2.05) is 0 Å². The maximum Gasteiger partial charge on any atom is 0.0939 e. The summed E-state index contributed by atoms with van der Waals surface area (Å²) in [5.41, 5.74) is 2.72. The second-order valence-electron chi connectivity index (χ2n) is 5.19. The molecule has 2 heteroatoms. The largest absolute Gasteiger partial charge is 0.366 e. The molecule has 0 fully saturated rings. The van der Waals surface area contributed by atoms with Crippen LogP contribution in [0.5, 0.6) is 0 Å². The Labute approximate surface area is 115 Å². The number of unbranched alkanes of at least 4 members (excludes halogenated alkanes) is 2. The fourth-order valence-corrected chi connectivity index (χ4v) is 3.07. The van der Waals surface area contributed by atoms with E-state index in [0.717, 1.165) is 31.7 Å². The summed E-state index contributed by atoms with van der Waals surface area (Å²) in [5.74, 6) is 0.723. The highest BCUT2D eigenvalue weighted by Gasteiger charge is 2.38. The third-order valence-corrected chi connectivity index (χ3v) is 4.18. The molecule has 1 aliphatic heterocycles. The number of ether oxygens (including phenoxy) is 1. The van der Waals surface area contributed by atoms with Crippen LogP contribution >= 0.6 is 11.6 Å². The number of benzene rings is 1. The van der Waals surface area contributed by atoms with Gasteiger partial charge in [0.1, 0.15) is 0 Å². The van der Waals surface area contributed by atoms with Gasteiger partial charge in [0.15, 0.2) is 0 Å². The van der Waals surface area contributed by atoms with Crippen LogP contribution in [0.25, 0.3) is 0 Å². The van der Waals surface area contributed by atoms with Gasteiger partial charge in [-0.25, -0.2) is 0 Å². The standard InChI is InChI=1S/C16H23ClO/c1-2-3-6-10-16(11-7-12-17)15-9-5-4-8-14(15)13-18-16/h4-5,8-9H,2-3,6-7,10-13H2,1H3. The van der Waals surface area contributed by atoms with Crippen molar-refractivity contribution < 1.29 is 4.74 Å². The van der Waals surface area contributed by atoms with Gasteiger partial charge in [0.2, 0.25) is 0 Å². The normalized spacial score (nSPS) is 22.1. The van der Waals surface area contributed by atoms with E-state index < -0.39 is 0 Å². The molecule has 0 N–H and O–H groups in total. The number of rotatable bonds is 7. The molecule has 0 aliphatic carbocycles. The van der Waals surface area contributed by atoms with Crippen LogP contribution in [-0.4, -0.2) is 5.88 Å². The molecule has 1 atom stereocenters. The third kappa shape index (κ3) is 2.89. The molecule has 0 spiro atoms. The third-order valence-electron chi connectivity index (χ3n) is 3.91. The first kappa shape index (κ1) is 13.9. The summed E-state index contributed by atoms with van der Waals surface area (Å²) in [7, 11) is 0. The fourth-order valence-electron chi connectivity index (χ4n) is 2.94. The zero-order valence-corrected chi connectivity index (χ0v) is 12.0. The zero-order chi connectivity index (χ0) is 12.8. The molecule has 1 unspecified atom stereocenters. The molecule has 1 nitrogen and oxygen atoms in total. The summed E-state index contributed by atoms with van der Waals surface area (Å²) in [6, 6.07) is 8.66. The van der Waals surface area contributed by atoms with Crippen LogP contribution in [0.4, 0.5) is 0 Å². The minimum Gasteiger partial charge on any atom is -0.366 e. The van der Waals surface area contributed by atoms with E-state index in [4.69, 9.17) is 16.3 Å². The second kappa shape index (κ2) is 6.58. The smallest absolute Gasteiger partial charge is 0.0939 e. The number of alkyl halides is 1. The van der Waals surface area contributed by atoms with Gasteiger partial charge >= 0.3 is 0 Å². The van der Waals surface area contributed by atoms with Gasteiger partial charge in [-0.15, -0.1) is 11.6 Å². The minimum atomic E-state index is -0.0549. The molecule has 0 amide bonds. The predicted octanol–water partition coefficient (Wildman–Crippen LogP) is 5.01. The van der Waals surface area contributed by atoms with Crippen LogP contribution in [0, 0.1) is 0 Å². The van der Waals surface area contributed by atoms with Gasteiger partial charge in [0.25, 0.3) is 0 Å². The SMILES string of the molecule is CCCCCC1(CCCCl)OCc2ccccc21. The van der Waals surface area contributed by atoms with Gasteiger partial charge in [0.05, 0.1) is 12.2 Å². The minimum absolute atomic E-state index is 0.0549. The van der Waals surface area contributed by atoms with Gasteiger partial charge in [-0.05, 0) is 30.4 Å². The van der Waals surface area contributed by atoms with Crippen molar-refractivity contribution in [1.29, 1.82) is 0 Å². The summed E-state index contributed by atoms with van der Waals surface area (Å²) in [4.78, 5) is 0. The first-order chi connectivity index (χ1) is 8.82. The van der Waals surface area contributed by atoms with Crippen molar-refractivity contribution in [3.8, 4) is 0 Å². The fraction of sp³-hybridized carbons (Fsp3) is 0.625. The number of hydrogen-bond donors (Lipinski definition) is 0. The Hall–Kier alpha value is -0.530. The van der Waals surface area contributed by atoms with Crippen LogP contribution in [0.15, 0.2) is 24.3 Å². The van der Waals surface area contributed by atoms with E-state index in [0.29, 0.717) is 0 Å². The van der Waals surface area contributed by atoms with Crippen LogP contribution in [-0.2, 0) is 16.9 Å². The first-order valence-corrected chi connectivity index (χ1v) is 7.64. The van der Waals surface area contributed by atoms with Gasteiger partial charge in [-0.2, -0.15) is 0 Å². The molecular weight excluding hydrogens is 244 g/mol. The summed E-state index contributed by atoms with van der Waals surface area (Å²) in [6.45, 7) is 3.01. The highest BCUT2D eigenvalue weighted by atomic mass is 35.5. The Morgan fingerprint density at radius 2 is 1.94 bits per heavy atom. The lowest BCUT2D eigenvalue weighted by Crippen LogP contribution is -2.25. The highest BCUT2D eigenvalue weighted by molar-refractivity contribution is 6.17. The van der Waals surface area contributed by atoms with Crippen LogP contribution < -0.4 is 0 Å². The van der Waals surface area contributed by atoms with E-state index in [1.165, 1.54) is 30.4 Å². The van der Waals surface area contributed by atoms with Crippen molar-refractivity contribution >= 4 is 11.6 Å². The van der Waals surface area contributed by atoms with E-state index in [1.54, 1.807) is 0 Å². The van der Waals surface area contributed by atoms with Crippen molar-refractivity contribution in [2.75, 3.05) is 5.88 Å². The van der Waals surface area contributed by atoms with Gasteiger partial charge in [-0.3, -0.25) is 0 Å². The lowest BCUT2D eigenvalue weighted by molar-refractivity contribution is -0.0527. The Bertz CT molecular complexity index is 377. The van der Waals surface area contributed by atoms with Gasteiger partial charge < -0.3 is 4.74 Å². The van der Waals surface area contributed by atoms with Crippen LogP contribution in [0.3, 0.4) is 0 Å². The molecule has 0 radical (unpaired) electrons. The highest BCUT2D eigenvalue weighted by Crippen LogP contribution is 2.43. The van der Waals surface area contributed by atoms with Gasteiger partial charge in [-0.1, -0.05) is 50.5 Å². The van der Waals surface area contributed by atoms with Crippen LogP contribution in [0.1, 0.15) is 56.6 Å². The van der Waals surface area contributed by atoms with Crippen molar-refractivity contribution in [2.24, 2.45) is 0 Å². The van der Waals surface area contributed by atoms with Crippen molar-refractivity contribution in [3.63, 3.8) is 0 Å². The Balaban J connectivity index is 2.15. The average Bonchev–Trinajstić information content (AvgIpc) is 2.77. The summed E-state index contributed by atoms with van der Waals surface area (Å²) < 4.78 is 6.20. The molecule has 2 rings (SSSR count). The quantitative estimate of drug-likeness (QED) is 0.498. The predicted molar refractivity (Wildman–Crippen MR) is 77.0 cm³/mol. The topological polar surface area (TPSA) is 9.23 Å². The molecule has 1 heterocycles. The lowest BCUT2D eigenvalue weighted by atomic mass is 9.84. The van der Waals surface area contributed by atoms with Crippen LogP contribution in [0.2, 0.25) is 0 Å². The Morgan fingerprint density at radius 1 is 1.17 bits per heavy atom. The van der Waals surface area contributed by atoms with Crippen molar-refractivity contribution in [2.45, 2.75) is 57.7 Å². The number of fused-ring (bicyclic) bond motifs is 1. The molecule has 0 aromatic heterocycles. The lowest BCUT2D eigenvalue weighted by Gasteiger charge is -2.30. The Morgan fingerprint density at radius 3 is 2.72 bits per heavy atom. The maximum absolute atomic E-state index is 6.20. The summed E-state index contributed by atoms with van der Waals surface area (Å²) in [5, 5.41) is 0. The maximum atomic E-state index is 6.20. The monoisotopic (exact) mass is 266 g/mol. The summed E-state index contributed by atoms with van der Waals surface area (Å²) in [6.07, 6.45) is 7.00. The van der Waals surface area contributed by atoms with E-state index in [9.17, 15) is 0 Å². The second-order valence-corrected chi connectivity index (χ2v) is 5.57. The molecule has 0 bridgehead atoms. The number of halogens is 1. The molecule has 1 aromatic carbocycles. The summed E-state index contributed by atoms with van der Waals surface area (Å²) >= 11 is 5.87. The van der Waals surface area contributed by atoms with Crippen molar-refractivity contribution in [1.82, 2.24) is 0 Å². The van der Waals surface area contributed by atoms with E-state index in [-0.39, 0.29) is 5.60 Å². The molecule has 1 aliphatic rings. The first-order valence-electron chi connectivity index (χ1n) is 7.11. The molecule has 100 valence electrons.